The molecule has 0 saturated heterocycles. The fourth-order valence-electron chi connectivity index (χ4n) is 4.07. The van der Waals surface area contributed by atoms with E-state index in [1.807, 2.05) is 6.92 Å². The first-order chi connectivity index (χ1) is 16.1. The van der Waals surface area contributed by atoms with Gasteiger partial charge in [0.05, 0.1) is 28.2 Å². The van der Waals surface area contributed by atoms with Crippen molar-refractivity contribution in [2.24, 2.45) is 0 Å². The summed E-state index contributed by atoms with van der Waals surface area (Å²) in [5, 5.41) is 12.0. The minimum absolute atomic E-state index is 0.0176. The Kier molecular flexibility index (Phi) is 6.05. The highest BCUT2D eigenvalue weighted by atomic mass is 32.2. The van der Waals surface area contributed by atoms with Crippen LogP contribution in [0.2, 0.25) is 0 Å². The minimum atomic E-state index is -3.93. The topological polar surface area (TPSA) is 126 Å². The number of aromatic nitrogens is 1. The van der Waals surface area contributed by atoms with E-state index in [0.29, 0.717) is 39.5 Å². The zero-order valence-corrected chi connectivity index (χ0v) is 19.7. The summed E-state index contributed by atoms with van der Waals surface area (Å²) in [6, 6.07) is 11.7. The number of amides is 1. The number of fused-ring (bicyclic) bond motifs is 1. The average Bonchev–Trinajstić information content (AvgIpc) is 3.27. The SMILES string of the molecule is COc1ccc2c(c1)NC(=O)/C2=C\c1[nH]c(C)c(S(=O)(=O)c2ccc(C)cc2)c1CCC(=O)O. The molecule has 1 aromatic heterocycles. The Balaban J connectivity index is 1.87. The molecule has 0 bridgehead atoms. The number of hydrogen-bond acceptors (Lipinski definition) is 5. The highest BCUT2D eigenvalue weighted by molar-refractivity contribution is 7.91. The van der Waals surface area contributed by atoms with E-state index >= 15 is 0 Å². The summed E-state index contributed by atoms with van der Waals surface area (Å²) in [7, 11) is -2.40. The summed E-state index contributed by atoms with van der Waals surface area (Å²) in [5.74, 6) is -0.806. The molecule has 176 valence electrons. The minimum Gasteiger partial charge on any atom is -0.497 e. The molecular formula is C25H24N2O6S. The van der Waals surface area contributed by atoms with Gasteiger partial charge in [0.1, 0.15) is 5.75 Å². The van der Waals surface area contributed by atoms with Gasteiger partial charge >= 0.3 is 5.97 Å². The lowest BCUT2D eigenvalue weighted by Crippen LogP contribution is -2.08. The molecule has 1 aliphatic heterocycles. The van der Waals surface area contributed by atoms with Crippen LogP contribution in [0, 0.1) is 13.8 Å². The summed E-state index contributed by atoms with van der Waals surface area (Å²) in [5.41, 5.74) is 3.59. The molecule has 9 heteroatoms. The Hall–Kier alpha value is -3.85. The van der Waals surface area contributed by atoms with Crippen molar-refractivity contribution in [3.8, 4) is 5.75 Å². The predicted molar refractivity (Wildman–Crippen MR) is 128 cm³/mol. The number of anilines is 1. The average molecular weight is 481 g/mol. The van der Waals surface area contributed by atoms with Crippen LogP contribution in [0.15, 0.2) is 52.3 Å². The molecule has 4 rings (SSSR count). The Bertz CT molecular complexity index is 1430. The van der Waals surface area contributed by atoms with Crippen LogP contribution in [0.4, 0.5) is 5.69 Å². The molecule has 1 amide bonds. The number of benzene rings is 2. The van der Waals surface area contributed by atoms with Gasteiger partial charge in [-0.1, -0.05) is 17.7 Å². The van der Waals surface area contributed by atoms with Crippen molar-refractivity contribution in [3.05, 3.63) is 70.5 Å². The lowest BCUT2D eigenvalue weighted by molar-refractivity contribution is -0.137. The number of hydrogen-bond donors (Lipinski definition) is 3. The first-order valence-corrected chi connectivity index (χ1v) is 12.1. The van der Waals surface area contributed by atoms with Gasteiger partial charge in [0, 0.05) is 29.4 Å². The standard InChI is InChI=1S/C25H24N2O6S/c1-14-4-7-17(8-5-14)34(31,32)24-15(2)26-22(19(24)10-11-23(28)29)13-20-18-9-6-16(33-3)12-21(18)27-25(20)30/h4-9,12-13,26H,10-11H2,1-3H3,(H,27,30)(H,28,29)/b20-13-. The summed E-state index contributed by atoms with van der Waals surface area (Å²) in [4.78, 5) is 27.3. The number of aromatic amines is 1. The number of carboxylic acid groups (broad SMARTS) is 1. The number of aryl methyl sites for hydroxylation is 2. The molecule has 34 heavy (non-hydrogen) atoms. The summed E-state index contributed by atoms with van der Waals surface area (Å²) < 4.78 is 32.3. The largest absolute Gasteiger partial charge is 0.497 e. The van der Waals surface area contributed by atoms with Crippen molar-refractivity contribution in [1.29, 1.82) is 0 Å². The van der Waals surface area contributed by atoms with Crippen LogP contribution in [0.1, 0.15) is 34.5 Å². The number of carboxylic acids is 1. The molecule has 2 aromatic carbocycles. The first kappa shape index (κ1) is 23.3. The van der Waals surface area contributed by atoms with Gasteiger partial charge in [-0.3, -0.25) is 9.59 Å². The molecule has 2 heterocycles. The van der Waals surface area contributed by atoms with Gasteiger partial charge in [-0.25, -0.2) is 8.42 Å². The quantitative estimate of drug-likeness (QED) is 0.439. The van der Waals surface area contributed by atoms with E-state index in [2.05, 4.69) is 10.3 Å². The monoisotopic (exact) mass is 480 g/mol. The maximum absolute atomic E-state index is 13.5. The Morgan fingerprint density at radius 2 is 1.82 bits per heavy atom. The van der Waals surface area contributed by atoms with Gasteiger partial charge < -0.3 is 20.1 Å². The molecule has 0 spiro atoms. The van der Waals surface area contributed by atoms with Crippen LogP contribution < -0.4 is 10.1 Å². The molecule has 0 atom stereocenters. The number of carbonyl (C=O) groups is 2. The van der Waals surface area contributed by atoms with E-state index in [-0.39, 0.29) is 28.5 Å². The second-order valence-electron chi connectivity index (χ2n) is 8.11. The number of nitrogens with one attached hydrogen (secondary N) is 2. The van der Waals surface area contributed by atoms with E-state index < -0.39 is 15.8 Å². The first-order valence-electron chi connectivity index (χ1n) is 10.6. The summed E-state index contributed by atoms with van der Waals surface area (Å²) in [6.07, 6.45) is 1.30. The van der Waals surface area contributed by atoms with Gasteiger partial charge in [0.15, 0.2) is 0 Å². The normalized spacial score (nSPS) is 14.2. The number of ether oxygens (including phenoxy) is 1. The maximum Gasteiger partial charge on any atom is 0.303 e. The molecule has 0 radical (unpaired) electrons. The van der Waals surface area contributed by atoms with Gasteiger partial charge in [-0.15, -0.1) is 0 Å². The number of carbonyl (C=O) groups excluding carboxylic acids is 1. The van der Waals surface area contributed by atoms with E-state index in [9.17, 15) is 23.1 Å². The fraction of sp³-hybridized carbons (Fsp3) is 0.200. The van der Waals surface area contributed by atoms with Crippen LogP contribution in [0.3, 0.4) is 0 Å². The van der Waals surface area contributed by atoms with Crippen molar-refractivity contribution in [3.63, 3.8) is 0 Å². The number of sulfone groups is 1. The highest BCUT2D eigenvalue weighted by Gasteiger charge is 2.30. The lowest BCUT2D eigenvalue weighted by atomic mass is 10.0. The van der Waals surface area contributed by atoms with Crippen LogP contribution in [0.5, 0.6) is 5.75 Å². The Morgan fingerprint density at radius 3 is 2.47 bits per heavy atom. The summed E-state index contributed by atoms with van der Waals surface area (Å²) in [6.45, 7) is 3.49. The molecule has 0 fully saturated rings. The van der Waals surface area contributed by atoms with E-state index in [1.54, 1.807) is 43.3 Å². The lowest BCUT2D eigenvalue weighted by Gasteiger charge is -2.09. The molecule has 0 unspecified atom stereocenters. The van der Waals surface area contributed by atoms with Crippen LogP contribution in [-0.2, 0) is 25.8 Å². The third kappa shape index (κ3) is 4.22. The van der Waals surface area contributed by atoms with Gasteiger partial charge in [-0.2, -0.15) is 0 Å². The molecule has 3 N–H and O–H groups in total. The number of aliphatic carboxylic acids is 1. The third-order valence-electron chi connectivity index (χ3n) is 5.75. The van der Waals surface area contributed by atoms with Crippen LogP contribution in [-0.4, -0.2) is 37.5 Å². The summed E-state index contributed by atoms with van der Waals surface area (Å²) >= 11 is 0. The van der Waals surface area contributed by atoms with E-state index in [4.69, 9.17) is 4.74 Å². The van der Waals surface area contributed by atoms with Crippen molar-refractivity contribution < 1.29 is 27.9 Å². The predicted octanol–water partition coefficient (Wildman–Crippen LogP) is 3.98. The fourth-order valence-corrected chi connectivity index (χ4v) is 5.79. The van der Waals surface area contributed by atoms with E-state index in [1.165, 1.54) is 19.2 Å². The van der Waals surface area contributed by atoms with Crippen molar-refractivity contribution >= 4 is 39.1 Å². The smallest absolute Gasteiger partial charge is 0.303 e. The molecule has 0 saturated carbocycles. The van der Waals surface area contributed by atoms with Crippen LogP contribution >= 0.6 is 0 Å². The highest BCUT2D eigenvalue weighted by Crippen LogP contribution is 2.38. The number of H-pyrrole nitrogens is 1. The molecule has 0 aliphatic carbocycles. The van der Waals surface area contributed by atoms with Gasteiger partial charge in [0.25, 0.3) is 5.91 Å². The van der Waals surface area contributed by atoms with Crippen molar-refractivity contribution in [2.45, 2.75) is 36.5 Å². The van der Waals surface area contributed by atoms with Crippen molar-refractivity contribution in [1.82, 2.24) is 4.98 Å². The Morgan fingerprint density at radius 1 is 1.12 bits per heavy atom. The zero-order chi connectivity index (χ0) is 24.6. The molecule has 1 aliphatic rings. The zero-order valence-electron chi connectivity index (χ0n) is 18.9. The second-order valence-corrected chi connectivity index (χ2v) is 9.99. The van der Waals surface area contributed by atoms with Gasteiger partial charge in [0.2, 0.25) is 9.84 Å². The van der Waals surface area contributed by atoms with E-state index in [0.717, 1.165) is 5.56 Å². The molecule has 3 aromatic rings. The molecule has 8 nitrogen and oxygen atoms in total. The third-order valence-corrected chi connectivity index (χ3v) is 7.73. The Labute approximate surface area is 197 Å². The van der Waals surface area contributed by atoms with Crippen molar-refractivity contribution in [2.75, 3.05) is 12.4 Å². The van der Waals surface area contributed by atoms with Crippen LogP contribution in [0.25, 0.3) is 11.6 Å². The maximum atomic E-state index is 13.5. The van der Waals surface area contributed by atoms with Gasteiger partial charge in [-0.05, 0) is 56.2 Å². The second kappa shape index (κ2) is 8.83. The number of rotatable bonds is 7. The molecular weight excluding hydrogens is 456 g/mol. The number of methoxy groups -OCH3 is 1.